The highest BCUT2D eigenvalue weighted by atomic mass is 35.5. The average molecular weight is 490 g/mol. The Labute approximate surface area is 201 Å². The molecule has 3 aromatic rings. The van der Waals surface area contributed by atoms with E-state index in [-0.39, 0.29) is 11.2 Å². The minimum atomic E-state index is -0.292. The number of nitrogens with one attached hydrogen (secondary N) is 3. The van der Waals surface area contributed by atoms with Gasteiger partial charge in [-0.1, -0.05) is 60.5 Å². The largest absolute Gasteiger partial charge is 0.332 e. The summed E-state index contributed by atoms with van der Waals surface area (Å²) in [7, 11) is 0. The van der Waals surface area contributed by atoms with Crippen LogP contribution in [-0.4, -0.2) is 16.3 Å². The Balaban J connectivity index is 1.63. The molecular formula is C23H21Cl2N3OS2. The molecule has 0 radical (unpaired) electrons. The van der Waals surface area contributed by atoms with E-state index in [0.717, 1.165) is 16.3 Å². The molecule has 0 spiro atoms. The molecule has 0 bridgehead atoms. The molecule has 0 aliphatic heterocycles. The quantitative estimate of drug-likeness (QED) is 0.240. The van der Waals surface area contributed by atoms with Gasteiger partial charge in [0.2, 0.25) is 5.91 Å². The first-order valence-electron chi connectivity index (χ1n) is 9.61. The Kier molecular flexibility index (Phi) is 8.60. The van der Waals surface area contributed by atoms with Crippen LogP contribution < -0.4 is 16.0 Å². The van der Waals surface area contributed by atoms with Crippen LogP contribution in [-0.2, 0) is 4.79 Å². The van der Waals surface area contributed by atoms with E-state index in [1.54, 1.807) is 18.2 Å². The summed E-state index contributed by atoms with van der Waals surface area (Å²) in [5.41, 5.74) is 2.26. The third-order valence-electron chi connectivity index (χ3n) is 4.27. The number of carbonyl (C=O) groups excluding carboxylic acids is 1. The van der Waals surface area contributed by atoms with E-state index in [0.29, 0.717) is 27.3 Å². The molecule has 3 N–H and O–H groups in total. The second-order valence-corrected chi connectivity index (χ2v) is 9.05. The summed E-state index contributed by atoms with van der Waals surface area (Å²) < 4.78 is 0. The molecule has 160 valence electrons. The van der Waals surface area contributed by atoms with Gasteiger partial charge in [-0.3, -0.25) is 4.79 Å². The molecule has 3 rings (SSSR count). The van der Waals surface area contributed by atoms with Gasteiger partial charge in [-0.2, -0.15) is 0 Å². The van der Waals surface area contributed by atoms with Crippen LogP contribution in [0.25, 0.3) is 0 Å². The van der Waals surface area contributed by atoms with Crippen LogP contribution in [0.4, 0.5) is 17.1 Å². The first kappa shape index (κ1) is 23.4. The number of carbonyl (C=O) groups is 1. The zero-order valence-corrected chi connectivity index (χ0v) is 19.8. The summed E-state index contributed by atoms with van der Waals surface area (Å²) in [6, 6.07) is 22.7. The van der Waals surface area contributed by atoms with E-state index in [9.17, 15) is 4.79 Å². The second-order valence-electron chi connectivity index (χ2n) is 6.58. The number of hydrogen-bond acceptors (Lipinski definition) is 3. The summed E-state index contributed by atoms with van der Waals surface area (Å²) in [6.07, 6.45) is 0.653. The van der Waals surface area contributed by atoms with Crippen molar-refractivity contribution in [2.45, 2.75) is 23.5 Å². The minimum absolute atomic E-state index is 0.128. The molecule has 1 unspecified atom stereocenters. The van der Waals surface area contributed by atoms with E-state index in [4.69, 9.17) is 35.4 Å². The first-order chi connectivity index (χ1) is 15.0. The van der Waals surface area contributed by atoms with Crippen LogP contribution in [0.2, 0.25) is 10.0 Å². The fourth-order valence-electron chi connectivity index (χ4n) is 2.76. The Bertz CT molecular complexity index is 1060. The van der Waals surface area contributed by atoms with Crippen molar-refractivity contribution in [1.82, 2.24) is 0 Å². The molecular weight excluding hydrogens is 469 g/mol. The van der Waals surface area contributed by atoms with Crippen LogP contribution >= 0.6 is 47.2 Å². The number of anilines is 3. The molecule has 1 amide bonds. The van der Waals surface area contributed by atoms with Crippen LogP contribution in [0.15, 0.2) is 77.7 Å². The zero-order valence-electron chi connectivity index (χ0n) is 16.7. The molecule has 0 aromatic heterocycles. The summed E-state index contributed by atoms with van der Waals surface area (Å²) in [4.78, 5) is 13.7. The number of hydrogen-bond donors (Lipinski definition) is 3. The highest BCUT2D eigenvalue weighted by Gasteiger charge is 2.19. The number of halogens is 2. The average Bonchev–Trinajstić information content (AvgIpc) is 2.76. The van der Waals surface area contributed by atoms with Crippen molar-refractivity contribution in [2.75, 3.05) is 16.0 Å². The van der Waals surface area contributed by atoms with Gasteiger partial charge < -0.3 is 16.0 Å². The molecule has 3 aromatic carbocycles. The van der Waals surface area contributed by atoms with Crippen molar-refractivity contribution in [3.8, 4) is 0 Å². The lowest BCUT2D eigenvalue weighted by Crippen LogP contribution is -2.24. The Hall–Kier alpha value is -2.25. The Morgan fingerprint density at radius 2 is 1.61 bits per heavy atom. The van der Waals surface area contributed by atoms with Gasteiger partial charge in [-0.25, -0.2) is 0 Å². The van der Waals surface area contributed by atoms with E-state index in [1.807, 2.05) is 61.5 Å². The third kappa shape index (κ3) is 6.87. The molecule has 0 heterocycles. The van der Waals surface area contributed by atoms with Gasteiger partial charge in [0.25, 0.3) is 0 Å². The smallest absolute Gasteiger partial charge is 0.237 e. The number of thioether (sulfide) groups is 1. The molecule has 4 nitrogen and oxygen atoms in total. The van der Waals surface area contributed by atoms with E-state index in [1.165, 1.54) is 11.8 Å². The maximum absolute atomic E-state index is 12.8. The van der Waals surface area contributed by atoms with Crippen molar-refractivity contribution >= 4 is 75.3 Å². The van der Waals surface area contributed by atoms with Crippen molar-refractivity contribution in [3.05, 3.63) is 82.8 Å². The SMILES string of the molecule is CCC(Sc1cccc(NC(=S)Nc2ccccc2)c1)C(=O)Nc1cccc(Cl)c1Cl. The predicted molar refractivity (Wildman–Crippen MR) is 138 cm³/mol. The summed E-state index contributed by atoms with van der Waals surface area (Å²) in [5, 5.41) is 10.1. The molecule has 0 saturated heterocycles. The minimum Gasteiger partial charge on any atom is -0.332 e. The molecule has 0 fully saturated rings. The van der Waals surface area contributed by atoms with Crippen LogP contribution in [0.1, 0.15) is 13.3 Å². The fourth-order valence-corrected chi connectivity index (χ4v) is 4.36. The maximum Gasteiger partial charge on any atom is 0.237 e. The van der Waals surface area contributed by atoms with Gasteiger partial charge in [-0.15, -0.1) is 11.8 Å². The lowest BCUT2D eigenvalue weighted by Gasteiger charge is -2.17. The van der Waals surface area contributed by atoms with Gasteiger partial charge in [0.15, 0.2) is 5.11 Å². The van der Waals surface area contributed by atoms with E-state index >= 15 is 0 Å². The Morgan fingerprint density at radius 1 is 0.935 bits per heavy atom. The number of amides is 1. The van der Waals surface area contributed by atoms with E-state index < -0.39 is 0 Å². The van der Waals surface area contributed by atoms with Crippen LogP contribution in [0.3, 0.4) is 0 Å². The predicted octanol–water partition coefficient (Wildman–Crippen LogP) is 7.31. The number of rotatable bonds is 7. The number of para-hydroxylation sites is 1. The normalized spacial score (nSPS) is 11.5. The monoisotopic (exact) mass is 489 g/mol. The van der Waals surface area contributed by atoms with Crippen LogP contribution in [0.5, 0.6) is 0 Å². The second kappa shape index (κ2) is 11.4. The topological polar surface area (TPSA) is 53.2 Å². The van der Waals surface area contributed by atoms with Gasteiger partial charge in [-0.05, 0) is 61.1 Å². The summed E-state index contributed by atoms with van der Waals surface area (Å²) in [6.45, 7) is 1.97. The number of thiocarbonyl (C=S) groups is 1. The zero-order chi connectivity index (χ0) is 22.2. The van der Waals surface area contributed by atoms with Gasteiger partial charge in [0.05, 0.1) is 21.0 Å². The van der Waals surface area contributed by atoms with Crippen molar-refractivity contribution in [3.63, 3.8) is 0 Å². The van der Waals surface area contributed by atoms with E-state index in [2.05, 4.69) is 16.0 Å². The molecule has 1 atom stereocenters. The molecule has 0 aliphatic carbocycles. The highest BCUT2D eigenvalue weighted by molar-refractivity contribution is 8.00. The maximum atomic E-state index is 12.8. The van der Waals surface area contributed by atoms with Crippen molar-refractivity contribution < 1.29 is 4.79 Å². The highest BCUT2D eigenvalue weighted by Crippen LogP contribution is 2.32. The van der Waals surface area contributed by atoms with Gasteiger partial charge in [0.1, 0.15) is 0 Å². The van der Waals surface area contributed by atoms with Crippen molar-refractivity contribution in [1.29, 1.82) is 0 Å². The molecule has 0 aliphatic rings. The van der Waals surface area contributed by atoms with Crippen molar-refractivity contribution in [2.24, 2.45) is 0 Å². The molecule has 31 heavy (non-hydrogen) atoms. The standard InChI is InChI=1S/C23H21Cl2N3OS2/c1-2-20(22(29)28-19-13-7-12-18(24)21(19)25)31-17-11-6-10-16(14-17)27-23(30)26-15-8-4-3-5-9-15/h3-14,20H,2H2,1H3,(H,28,29)(H2,26,27,30). The third-order valence-corrected chi connectivity index (χ3v) is 6.66. The molecule has 8 heteroatoms. The molecule has 0 saturated carbocycles. The van der Waals surface area contributed by atoms with Crippen LogP contribution in [0, 0.1) is 0 Å². The Morgan fingerprint density at radius 3 is 2.35 bits per heavy atom. The summed E-state index contributed by atoms with van der Waals surface area (Å²) >= 11 is 19.1. The van der Waals surface area contributed by atoms with Gasteiger partial charge >= 0.3 is 0 Å². The fraction of sp³-hybridized carbons (Fsp3) is 0.130. The lowest BCUT2D eigenvalue weighted by molar-refractivity contribution is -0.115. The first-order valence-corrected chi connectivity index (χ1v) is 11.6. The number of benzene rings is 3. The van der Waals surface area contributed by atoms with Gasteiger partial charge in [0, 0.05) is 16.3 Å². The lowest BCUT2D eigenvalue weighted by atomic mass is 10.2. The summed E-state index contributed by atoms with van der Waals surface area (Å²) in [5.74, 6) is -0.128.